The molecule has 0 unspecified atom stereocenters. The zero-order chi connectivity index (χ0) is 15.2. The van der Waals surface area contributed by atoms with Gasteiger partial charge in [-0.3, -0.25) is 4.81 Å². The van der Waals surface area contributed by atoms with Gasteiger partial charge >= 0.3 is 7.05 Å². The average Bonchev–Trinajstić information content (AvgIpc) is 2.83. The minimum atomic E-state index is -0.480. The van der Waals surface area contributed by atoms with Gasteiger partial charge in [0.05, 0.1) is 11.6 Å². The van der Waals surface area contributed by atoms with Gasteiger partial charge in [-0.15, -0.1) is 5.73 Å². The molecular formula is C16H27BN2O. The first-order chi connectivity index (χ1) is 9.45. The van der Waals surface area contributed by atoms with Gasteiger partial charge in [0.15, 0.2) is 0 Å². The lowest BCUT2D eigenvalue weighted by atomic mass is 9.77. The second kappa shape index (κ2) is 7.69. The topological polar surface area (TPSA) is 36.3 Å². The van der Waals surface area contributed by atoms with Gasteiger partial charge in [-0.1, -0.05) is 47.1 Å². The third kappa shape index (κ3) is 4.25. The van der Waals surface area contributed by atoms with E-state index in [1.165, 1.54) is 12.8 Å². The zero-order valence-electron chi connectivity index (χ0n) is 13.4. The Hall–Kier alpha value is -1.01. The molecule has 0 radical (unpaired) electrons. The minimum Gasteiger partial charge on any atom is -0.404 e. The van der Waals surface area contributed by atoms with Gasteiger partial charge in [0.2, 0.25) is 0 Å². The fraction of sp³-hybridized carbons (Fsp3) is 0.750. The molecule has 4 heteroatoms. The first-order valence-corrected chi connectivity index (χ1v) is 7.65. The molecule has 0 bridgehead atoms. The van der Waals surface area contributed by atoms with Crippen molar-refractivity contribution >= 4 is 7.05 Å². The van der Waals surface area contributed by atoms with Crippen molar-refractivity contribution in [2.45, 2.75) is 77.5 Å². The Morgan fingerprint density at radius 1 is 1.30 bits per heavy atom. The van der Waals surface area contributed by atoms with E-state index in [9.17, 15) is 5.26 Å². The molecule has 0 atom stereocenters. The van der Waals surface area contributed by atoms with E-state index >= 15 is 0 Å². The smallest absolute Gasteiger partial charge is 0.404 e. The van der Waals surface area contributed by atoms with Crippen LogP contribution in [0.2, 0.25) is 0 Å². The van der Waals surface area contributed by atoms with Crippen LogP contribution in [0.4, 0.5) is 0 Å². The third-order valence-electron chi connectivity index (χ3n) is 4.07. The number of nitriles is 1. The van der Waals surface area contributed by atoms with Crippen LogP contribution in [0.3, 0.4) is 0 Å². The van der Waals surface area contributed by atoms with Crippen LogP contribution in [0.15, 0.2) is 18.4 Å². The summed E-state index contributed by atoms with van der Waals surface area (Å²) in [6.45, 7) is 12.1. The Bertz CT molecular complexity index is 380. The zero-order valence-corrected chi connectivity index (χ0v) is 13.4. The maximum atomic E-state index is 9.54. The molecule has 0 aromatic rings. The van der Waals surface area contributed by atoms with Gasteiger partial charge in [0, 0.05) is 6.42 Å². The Morgan fingerprint density at radius 3 is 2.25 bits per heavy atom. The molecule has 1 fully saturated rings. The Balaban J connectivity index is 2.88. The van der Waals surface area contributed by atoms with Crippen LogP contribution in [-0.2, 0) is 4.65 Å². The highest BCUT2D eigenvalue weighted by atomic mass is 16.5. The summed E-state index contributed by atoms with van der Waals surface area (Å²) in [5, 5.41) is 9.54. The summed E-state index contributed by atoms with van der Waals surface area (Å²) in [6.07, 6.45) is 7.13. The molecule has 1 aliphatic carbocycles. The summed E-state index contributed by atoms with van der Waals surface area (Å²) in [7, 11) is -0.480. The minimum absolute atomic E-state index is 0.201. The van der Waals surface area contributed by atoms with Crippen molar-refractivity contribution in [1.82, 2.24) is 4.81 Å². The normalized spacial score (nSPS) is 17.3. The molecule has 0 spiro atoms. The molecular weight excluding hydrogens is 247 g/mol. The summed E-state index contributed by atoms with van der Waals surface area (Å²) in [6, 6.07) is 0.570. The molecule has 1 rings (SSSR count). The largest absolute Gasteiger partial charge is 0.504 e. The summed E-state index contributed by atoms with van der Waals surface area (Å²) in [4.78, 5) is 2.14. The highest BCUT2D eigenvalue weighted by molar-refractivity contribution is 6.57. The molecule has 0 amide bonds. The Morgan fingerprint density at radius 2 is 1.85 bits per heavy atom. The Kier molecular flexibility index (Phi) is 6.56. The molecule has 110 valence electrons. The second-order valence-electron chi connectivity index (χ2n) is 6.24. The van der Waals surface area contributed by atoms with E-state index in [4.69, 9.17) is 4.65 Å². The van der Waals surface area contributed by atoms with Crippen LogP contribution in [0.1, 0.15) is 59.8 Å². The lowest BCUT2D eigenvalue weighted by Gasteiger charge is -2.37. The molecule has 0 heterocycles. The fourth-order valence-electron chi connectivity index (χ4n) is 3.18. The van der Waals surface area contributed by atoms with E-state index < -0.39 is 7.05 Å². The maximum absolute atomic E-state index is 9.54. The maximum Gasteiger partial charge on any atom is 0.504 e. The fourth-order valence-corrected chi connectivity index (χ4v) is 3.18. The van der Waals surface area contributed by atoms with Crippen LogP contribution in [-0.4, -0.2) is 29.5 Å². The van der Waals surface area contributed by atoms with Crippen molar-refractivity contribution in [1.29, 1.82) is 5.26 Å². The van der Waals surface area contributed by atoms with E-state index in [0.717, 1.165) is 19.3 Å². The molecule has 0 saturated heterocycles. The summed E-state index contributed by atoms with van der Waals surface area (Å²) >= 11 is 0. The predicted molar refractivity (Wildman–Crippen MR) is 84.1 cm³/mol. The van der Waals surface area contributed by atoms with E-state index in [-0.39, 0.29) is 17.7 Å². The average molecular weight is 274 g/mol. The van der Waals surface area contributed by atoms with Crippen LogP contribution in [0, 0.1) is 11.2 Å². The van der Waals surface area contributed by atoms with Crippen LogP contribution >= 0.6 is 0 Å². The van der Waals surface area contributed by atoms with Crippen LogP contribution < -0.4 is 0 Å². The van der Waals surface area contributed by atoms with Gasteiger partial charge in [-0.2, -0.15) is 0 Å². The lowest BCUT2D eigenvalue weighted by Crippen LogP contribution is -2.53. The number of hydrogen-bond acceptors (Lipinski definition) is 3. The molecule has 0 aliphatic heterocycles. The van der Waals surface area contributed by atoms with E-state index in [1.807, 2.05) is 6.08 Å². The summed E-state index contributed by atoms with van der Waals surface area (Å²) < 4.78 is 6.30. The molecule has 0 aromatic heterocycles. The number of rotatable bonds is 7. The first kappa shape index (κ1) is 17.0. The van der Waals surface area contributed by atoms with Gasteiger partial charge in [-0.05, 0) is 31.0 Å². The molecule has 20 heavy (non-hydrogen) atoms. The van der Waals surface area contributed by atoms with Crippen molar-refractivity contribution in [2.24, 2.45) is 0 Å². The number of hydrogen-bond donors (Lipinski definition) is 0. The molecule has 0 aromatic carbocycles. The van der Waals surface area contributed by atoms with E-state index in [2.05, 4.69) is 50.8 Å². The molecule has 3 nitrogen and oxygen atoms in total. The highest BCUT2D eigenvalue weighted by Gasteiger charge is 2.41. The van der Waals surface area contributed by atoms with E-state index in [0.29, 0.717) is 0 Å². The van der Waals surface area contributed by atoms with E-state index in [1.54, 1.807) is 0 Å². The predicted octanol–water partition coefficient (Wildman–Crippen LogP) is 3.72. The molecule has 0 N–H and O–H groups in total. The molecule has 1 aliphatic rings. The van der Waals surface area contributed by atoms with Crippen LogP contribution in [0.25, 0.3) is 0 Å². The van der Waals surface area contributed by atoms with Crippen molar-refractivity contribution in [3.05, 3.63) is 18.4 Å². The first-order valence-electron chi connectivity index (χ1n) is 7.65. The van der Waals surface area contributed by atoms with Crippen molar-refractivity contribution in [3.63, 3.8) is 0 Å². The number of nitrogens with zero attached hydrogens (tertiary/aromatic N) is 2. The quantitative estimate of drug-likeness (QED) is 0.524. The van der Waals surface area contributed by atoms with Gasteiger partial charge in [0.1, 0.15) is 0 Å². The van der Waals surface area contributed by atoms with Crippen LogP contribution in [0.5, 0.6) is 0 Å². The molecule has 1 saturated carbocycles. The van der Waals surface area contributed by atoms with Gasteiger partial charge in [-0.25, -0.2) is 5.26 Å². The van der Waals surface area contributed by atoms with Crippen molar-refractivity contribution < 1.29 is 4.65 Å². The highest BCUT2D eigenvalue weighted by Crippen LogP contribution is 2.37. The van der Waals surface area contributed by atoms with Crippen molar-refractivity contribution in [2.75, 3.05) is 0 Å². The standard InChI is InChI=1S/C16H27BN2O/c1-6-7-10-16(11-8-9-12-16)20-17(13-18)19(14(2)3)15(4)5/h7,14-15H,1,8-12H2,2-5H3. The summed E-state index contributed by atoms with van der Waals surface area (Å²) in [5.74, 6) is 2.35. The second-order valence-corrected chi connectivity index (χ2v) is 6.24. The summed E-state index contributed by atoms with van der Waals surface area (Å²) in [5.41, 5.74) is 2.63. The monoisotopic (exact) mass is 274 g/mol. The Labute approximate surface area is 124 Å². The SMILES string of the molecule is C=C=CCC1(OB(C#N)N(C(C)C)C(C)C)CCCC1. The van der Waals surface area contributed by atoms with Gasteiger partial charge in [0.25, 0.3) is 0 Å². The van der Waals surface area contributed by atoms with Crippen molar-refractivity contribution in [3.8, 4) is 5.97 Å². The third-order valence-corrected chi connectivity index (χ3v) is 4.07. The lowest BCUT2D eigenvalue weighted by molar-refractivity contribution is 0.0571. The van der Waals surface area contributed by atoms with Gasteiger partial charge < -0.3 is 4.65 Å².